The van der Waals surface area contributed by atoms with Gasteiger partial charge in [0.1, 0.15) is 0 Å². The quantitative estimate of drug-likeness (QED) is 0.685. The Morgan fingerprint density at radius 2 is 1.21 bits per heavy atom. The Labute approximate surface area is 115 Å². The summed E-state index contributed by atoms with van der Waals surface area (Å²) < 4.78 is 0. The molecule has 3 rings (SSSR count). The van der Waals surface area contributed by atoms with Gasteiger partial charge in [-0.2, -0.15) is 0 Å². The first kappa shape index (κ1) is 12.0. The van der Waals surface area contributed by atoms with E-state index in [0.29, 0.717) is 0 Å². The zero-order chi connectivity index (χ0) is 13.2. The van der Waals surface area contributed by atoms with Crippen LogP contribution in [0.1, 0.15) is 28.7 Å². The van der Waals surface area contributed by atoms with Crippen molar-refractivity contribution in [3.05, 3.63) is 82.9 Å². The standard InChI is InChI=1S/C19H18/c1-14-6-10-16(11-7-14)18-4-3-5-19(18)17-12-8-15(2)9-13-17/h3-4,6-13H,5H2,1-2H3. The fourth-order valence-corrected chi connectivity index (χ4v) is 2.54. The molecule has 0 N–H and O–H groups in total. The van der Waals surface area contributed by atoms with Crippen molar-refractivity contribution in [1.29, 1.82) is 0 Å². The minimum atomic E-state index is 1.03. The van der Waals surface area contributed by atoms with Gasteiger partial charge in [0.05, 0.1) is 0 Å². The van der Waals surface area contributed by atoms with Gasteiger partial charge < -0.3 is 0 Å². The fourth-order valence-electron chi connectivity index (χ4n) is 2.54. The van der Waals surface area contributed by atoms with Crippen molar-refractivity contribution in [3.8, 4) is 0 Å². The lowest BCUT2D eigenvalue weighted by Crippen LogP contribution is -1.87. The van der Waals surface area contributed by atoms with Gasteiger partial charge in [-0.05, 0) is 42.5 Å². The van der Waals surface area contributed by atoms with Crippen molar-refractivity contribution in [2.24, 2.45) is 0 Å². The van der Waals surface area contributed by atoms with Crippen LogP contribution in [0.15, 0.2) is 60.7 Å². The molecule has 0 nitrogen and oxygen atoms in total. The molecule has 1 aliphatic rings. The topological polar surface area (TPSA) is 0 Å². The van der Waals surface area contributed by atoms with E-state index in [1.54, 1.807) is 0 Å². The Bertz CT molecular complexity index is 637. The number of hydrogen-bond acceptors (Lipinski definition) is 0. The normalized spacial score (nSPS) is 14.2. The maximum atomic E-state index is 2.25. The highest BCUT2D eigenvalue weighted by Crippen LogP contribution is 2.35. The van der Waals surface area contributed by atoms with Crippen LogP contribution in [0.3, 0.4) is 0 Å². The van der Waals surface area contributed by atoms with E-state index >= 15 is 0 Å². The van der Waals surface area contributed by atoms with E-state index in [-0.39, 0.29) is 0 Å². The van der Waals surface area contributed by atoms with Crippen LogP contribution in [0.4, 0.5) is 0 Å². The molecule has 0 atom stereocenters. The van der Waals surface area contributed by atoms with Crippen molar-refractivity contribution in [1.82, 2.24) is 0 Å². The summed E-state index contributed by atoms with van der Waals surface area (Å²) in [7, 11) is 0. The summed E-state index contributed by atoms with van der Waals surface area (Å²) in [5.41, 5.74) is 8.07. The number of aryl methyl sites for hydroxylation is 2. The second-order valence-corrected chi connectivity index (χ2v) is 5.23. The third-order valence-corrected chi connectivity index (χ3v) is 3.69. The van der Waals surface area contributed by atoms with Gasteiger partial charge in [-0.15, -0.1) is 0 Å². The molecule has 0 amide bonds. The molecule has 0 radical (unpaired) electrons. The van der Waals surface area contributed by atoms with E-state index < -0.39 is 0 Å². The Hall–Kier alpha value is -2.08. The lowest BCUT2D eigenvalue weighted by molar-refractivity contribution is 1.40. The molecular formula is C19H18. The predicted octanol–water partition coefficient (Wildman–Crippen LogP) is 5.17. The molecule has 0 saturated heterocycles. The van der Waals surface area contributed by atoms with E-state index in [2.05, 4.69) is 74.5 Å². The van der Waals surface area contributed by atoms with Crippen LogP contribution in [-0.4, -0.2) is 0 Å². The Morgan fingerprint density at radius 1 is 0.684 bits per heavy atom. The first-order valence-corrected chi connectivity index (χ1v) is 6.78. The maximum Gasteiger partial charge on any atom is -0.00820 e. The average molecular weight is 246 g/mol. The van der Waals surface area contributed by atoms with Gasteiger partial charge in [0.2, 0.25) is 0 Å². The lowest BCUT2D eigenvalue weighted by atomic mass is 9.96. The van der Waals surface area contributed by atoms with E-state index in [9.17, 15) is 0 Å². The molecule has 1 aliphatic carbocycles. The molecule has 94 valence electrons. The summed E-state index contributed by atoms with van der Waals surface area (Å²) >= 11 is 0. The fraction of sp³-hybridized carbons (Fsp3) is 0.158. The zero-order valence-corrected chi connectivity index (χ0v) is 11.5. The van der Waals surface area contributed by atoms with Gasteiger partial charge in [0.15, 0.2) is 0 Å². The van der Waals surface area contributed by atoms with Crippen LogP contribution in [0, 0.1) is 13.8 Å². The molecule has 0 aromatic heterocycles. The highest BCUT2D eigenvalue weighted by molar-refractivity contribution is 5.98. The van der Waals surface area contributed by atoms with Crippen molar-refractivity contribution in [3.63, 3.8) is 0 Å². The third-order valence-electron chi connectivity index (χ3n) is 3.69. The smallest absolute Gasteiger partial charge is 0.00820 e. The van der Waals surface area contributed by atoms with Crippen molar-refractivity contribution >= 4 is 11.1 Å². The minimum Gasteiger partial charge on any atom is -0.0795 e. The van der Waals surface area contributed by atoms with E-state index in [0.717, 1.165) is 6.42 Å². The molecule has 0 bridgehead atoms. The van der Waals surface area contributed by atoms with Crippen LogP contribution in [-0.2, 0) is 0 Å². The Kier molecular flexibility index (Phi) is 3.08. The van der Waals surface area contributed by atoms with Crippen LogP contribution >= 0.6 is 0 Å². The molecule has 19 heavy (non-hydrogen) atoms. The molecule has 2 aromatic carbocycles. The summed E-state index contributed by atoms with van der Waals surface area (Å²) in [6.07, 6.45) is 5.54. The summed E-state index contributed by atoms with van der Waals surface area (Å²) in [5.74, 6) is 0. The van der Waals surface area contributed by atoms with Gasteiger partial charge >= 0.3 is 0 Å². The largest absolute Gasteiger partial charge is 0.0795 e. The molecule has 0 spiro atoms. The number of hydrogen-bond donors (Lipinski definition) is 0. The monoisotopic (exact) mass is 246 g/mol. The average Bonchev–Trinajstić information content (AvgIpc) is 2.90. The second kappa shape index (κ2) is 4.89. The highest BCUT2D eigenvalue weighted by Gasteiger charge is 2.12. The van der Waals surface area contributed by atoms with Gasteiger partial charge in [0.25, 0.3) is 0 Å². The van der Waals surface area contributed by atoms with E-state index in [4.69, 9.17) is 0 Å². The van der Waals surface area contributed by atoms with Crippen molar-refractivity contribution in [2.75, 3.05) is 0 Å². The third kappa shape index (κ3) is 2.39. The van der Waals surface area contributed by atoms with E-state index in [1.807, 2.05) is 0 Å². The highest BCUT2D eigenvalue weighted by atomic mass is 14.2. The molecule has 0 aliphatic heterocycles. The minimum absolute atomic E-state index is 1.03. The van der Waals surface area contributed by atoms with Crippen LogP contribution in [0.5, 0.6) is 0 Å². The summed E-state index contributed by atoms with van der Waals surface area (Å²) in [6, 6.07) is 17.6. The number of allylic oxidation sites excluding steroid dienone is 4. The molecule has 0 unspecified atom stereocenters. The lowest BCUT2D eigenvalue weighted by Gasteiger charge is -2.09. The molecule has 2 aromatic rings. The number of rotatable bonds is 2. The van der Waals surface area contributed by atoms with Crippen LogP contribution in [0.25, 0.3) is 11.1 Å². The SMILES string of the molecule is Cc1ccc(C2=C(c3ccc(C)cc3)CC=C2)cc1. The summed E-state index contributed by atoms with van der Waals surface area (Å²) in [4.78, 5) is 0. The number of benzene rings is 2. The van der Waals surface area contributed by atoms with Gasteiger partial charge in [-0.1, -0.05) is 71.8 Å². The molecule has 0 heteroatoms. The Morgan fingerprint density at radius 3 is 1.79 bits per heavy atom. The van der Waals surface area contributed by atoms with Gasteiger partial charge in [-0.25, -0.2) is 0 Å². The molecular weight excluding hydrogens is 228 g/mol. The Balaban J connectivity index is 2.06. The van der Waals surface area contributed by atoms with Crippen molar-refractivity contribution in [2.45, 2.75) is 20.3 Å². The summed E-state index contributed by atoms with van der Waals surface area (Å²) in [6.45, 7) is 4.26. The molecule has 0 saturated carbocycles. The predicted molar refractivity (Wildman–Crippen MR) is 82.9 cm³/mol. The second-order valence-electron chi connectivity index (χ2n) is 5.23. The van der Waals surface area contributed by atoms with Crippen molar-refractivity contribution < 1.29 is 0 Å². The maximum absolute atomic E-state index is 2.25. The van der Waals surface area contributed by atoms with Crippen LogP contribution in [0.2, 0.25) is 0 Å². The summed E-state index contributed by atoms with van der Waals surface area (Å²) in [5, 5.41) is 0. The first-order chi connectivity index (χ1) is 9.24. The van der Waals surface area contributed by atoms with Gasteiger partial charge in [-0.3, -0.25) is 0 Å². The molecule has 0 heterocycles. The first-order valence-electron chi connectivity index (χ1n) is 6.78. The van der Waals surface area contributed by atoms with E-state index in [1.165, 1.54) is 33.4 Å². The zero-order valence-electron chi connectivity index (χ0n) is 11.5. The van der Waals surface area contributed by atoms with Gasteiger partial charge in [0, 0.05) is 0 Å². The molecule has 0 fully saturated rings. The van der Waals surface area contributed by atoms with Crippen LogP contribution < -0.4 is 0 Å².